The SMILES string of the molecule is Cc1ncc(CN(C(=O)O)c2ccc(C#N)cc2)c(C(C)O)c1OCc1cccc(C#N)c1. The van der Waals surface area contributed by atoms with E-state index in [4.69, 9.17) is 15.3 Å². The zero-order valence-corrected chi connectivity index (χ0v) is 18.2. The molecule has 0 spiro atoms. The summed E-state index contributed by atoms with van der Waals surface area (Å²) in [5.74, 6) is 0.370. The largest absolute Gasteiger partial charge is 0.487 e. The lowest BCUT2D eigenvalue weighted by molar-refractivity contribution is 0.187. The number of hydrogen-bond acceptors (Lipinski definition) is 6. The summed E-state index contributed by atoms with van der Waals surface area (Å²) < 4.78 is 6.00. The van der Waals surface area contributed by atoms with E-state index in [0.717, 1.165) is 10.5 Å². The summed E-state index contributed by atoms with van der Waals surface area (Å²) in [4.78, 5) is 17.4. The van der Waals surface area contributed by atoms with Gasteiger partial charge in [-0.1, -0.05) is 12.1 Å². The molecule has 33 heavy (non-hydrogen) atoms. The molecule has 0 saturated carbocycles. The number of nitrogens with zero attached hydrogens (tertiary/aromatic N) is 4. The lowest BCUT2D eigenvalue weighted by Crippen LogP contribution is -2.29. The molecule has 2 aromatic carbocycles. The number of aryl methyl sites for hydroxylation is 1. The first-order chi connectivity index (χ1) is 15.8. The van der Waals surface area contributed by atoms with Gasteiger partial charge in [0.1, 0.15) is 12.4 Å². The average molecular weight is 442 g/mol. The second kappa shape index (κ2) is 10.3. The molecule has 1 amide bonds. The van der Waals surface area contributed by atoms with Crippen LogP contribution in [0.2, 0.25) is 0 Å². The number of aromatic nitrogens is 1. The summed E-state index contributed by atoms with van der Waals surface area (Å²) in [5.41, 5.74) is 3.57. The molecule has 3 rings (SSSR count). The number of amides is 1. The smallest absolute Gasteiger partial charge is 0.412 e. The number of carboxylic acid groups (broad SMARTS) is 1. The molecule has 0 bridgehead atoms. The standard InChI is InChI=1S/C25H22N4O4/c1-16-24(33-15-20-5-3-4-19(10-20)12-27)23(17(2)30)21(13-28-16)14-29(25(31)32)22-8-6-18(11-26)7-9-22/h3-10,13,17,30H,14-15H2,1-2H3,(H,31,32). The van der Waals surface area contributed by atoms with Gasteiger partial charge in [0.2, 0.25) is 0 Å². The van der Waals surface area contributed by atoms with Crippen LogP contribution in [0.5, 0.6) is 5.75 Å². The van der Waals surface area contributed by atoms with E-state index in [1.54, 1.807) is 44.2 Å². The molecule has 166 valence electrons. The van der Waals surface area contributed by atoms with Gasteiger partial charge in [-0.15, -0.1) is 0 Å². The molecule has 1 unspecified atom stereocenters. The van der Waals surface area contributed by atoms with Gasteiger partial charge in [0.15, 0.2) is 0 Å². The average Bonchev–Trinajstić information content (AvgIpc) is 2.82. The van der Waals surface area contributed by atoms with Crippen LogP contribution < -0.4 is 9.64 Å². The minimum absolute atomic E-state index is 0.0744. The van der Waals surface area contributed by atoms with E-state index in [0.29, 0.717) is 39.4 Å². The number of benzene rings is 2. The Balaban J connectivity index is 1.95. The number of ether oxygens (including phenoxy) is 1. The van der Waals surface area contributed by atoms with Crippen LogP contribution in [-0.4, -0.2) is 21.3 Å². The molecule has 0 aliphatic carbocycles. The first-order valence-electron chi connectivity index (χ1n) is 10.1. The zero-order valence-electron chi connectivity index (χ0n) is 18.2. The topological polar surface area (TPSA) is 130 Å². The van der Waals surface area contributed by atoms with Crippen molar-refractivity contribution in [1.82, 2.24) is 4.98 Å². The van der Waals surface area contributed by atoms with Crippen molar-refractivity contribution in [2.24, 2.45) is 0 Å². The van der Waals surface area contributed by atoms with Gasteiger partial charge in [-0.2, -0.15) is 10.5 Å². The minimum atomic E-state index is -1.19. The second-order valence-corrected chi connectivity index (χ2v) is 7.42. The van der Waals surface area contributed by atoms with Gasteiger partial charge in [0.05, 0.1) is 41.6 Å². The lowest BCUT2D eigenvalue weighted by atomic mass is 10.0. The van der Waals surface area contributed by atoms with E-state index >= 15 is 0 Å². The molecule has 8 nitrogen and oxygen atoms in total. The molecular weight excluding hydrogens is 420 g/mol. The second-order valence-electron chi connectivity index (χ2n) is 7.42. The van der Waals surface area contributed by atoms with Crippen molar-refractivity contribution >= 4 is 11.8 Å². The third-order valence-corrected chi connectivity index (χ3v) is 5.06. The number of nitriles is 2. The van der Waals surface area contributed by atoms with Crippen LogP contribution in [0.15, 0.2) is 54.7 Å². The first kappa shape index (κ1) is 23.3. The van der Waals surface area contributed by atoms with E-state index in [1.165, 1.54) is 18.3 Å². The predicted molar refractivity (Wildman–Crippen MR) is 120 cm³/mol. The van der Waals surface area contributed by atoms with Gasteiger partial charge < -0.3 is 14.9 Å². The Morgan fingerprint density at radius 3 is 2.45 bits per heavy atom. The molecule has 8 heteroatoms. The third kappa shape index (κ3) is 5.45. The van der Waals surface area contributed by atoms with Crippen LogP contribution in [0.1, 0.15) is 46.5 Å². The number of pyridine rings is 1. The van der Waals surface area contributed by atoms with Crippen LogP contribution >= 0.6 is 0 Å². The highest BCUT2D eigenvalue weighted by Crippen LogP contribution is 2.33. The van der Waals surface area contributed by atoms with Crippen molar-refractivity contribution in [2.75, 3.05) is 4.90 Å². The lowest BCUT2D eigenvalue weighted by Gasteiger charge is -2.24. The summed E-state index contributed by atoms with van der Waals surface area (Å²) in [7, 11) is 0. The number of carbonyl (C=O) groups is 1. The van der Waals surface area contributed by atoms with Crippen LogP contribution in [0, 0.1) is 29.6 Å². The number of hydrogen-bond donors (Lipinski definition) is 2. The summed E-state index contributed by atoms with van der Waals surface area (Å²) in [6.07, 6.45) is -0.605. The maximum Gasteiger partial charge on any atom is 0.412 e. The number of rotatable bonds is 7. The van der Waals surface area contributed by atoms with Gasteiger partial charge in [-0.3, -0.25) is 9.88 Å². The minimum Gasteiger partial charge on any atom is -0.487 e. The molecule has 0 aliphatic heterocycles. The fourth-order valence-electron chi connectivity index (χ4n) is 3.45. The highest BCUT2D eigenvalue weighted by Gasteiger charge is 2.23. The maximum absolute atomic E-state index is 12.0. The summed E-state index contributed by atoms with van der Waals surface area (Å²) in [6.45, 7) is 3.40. The van der Waals surface area contributed by atoms with Crippen LogP contribution in [0.4, 0.5) is 10.5 Å². The summed E-state index contributed by atoms with van der Waals surface area (Å²) in [5, 5.41) is 38.4. The van der Waals surface area contributed by atoms with Crippen molar-refractivity contribution in [1.29, 1.82) is 10.5 Å². The summed E-state index contributed by atoms with van der Waals surface area (Å²) in [6, 6.07) is 17.3. The predicted octanol–water partition coefficient (Wildman–Crippen LogP) is 4.45. The molecule has 1 heterocycles. The molecule has 1 aromatic heterocycles. The van der Waals surface area contributed by atoms with Crippen molar-refractivity contribution in [2.45, 2.75) is 33.1 Å². The van der Waals surface area contributed by atoms with Crippen LogP contribution in [0.25, 0.3) is 0 Å². The fourth-order valence-corrected chi connectivity index (χ4v) is 3.45. The Labute approximate surface area is 191 Å². The molecule has 0 saturated heterocycles. The Kier molecular flexibility index (Phi) is 7.24. The Morgan fingerprint density at radius 2 is 1.85 bits per heavy atom. The van der Waals surface area contributed by atoms with Crippen molar-refractivity contribution in [3.8, 4) is 17.9 Å². The normalized spacial score (nSPS) is 11.2. The fraction of sp³-hybridized carbons (Fsp3) is 0.200. The Bertz CT molecular complexity index is 1240. The Morgan fingerprint density at radius 1 is 1.15 bits per heavy atom. The molecule has 2 N–H and O–H groups in total. The number of aliphatic hydroxyl groups excluding tert-OH is 1. The van der Waals surface area contributed by atoms with Crippen LogP contribution in [-0.2, 0) is 13.2 Å². The molecule has 0 radical (unpaired) electrons. The van der Waals surface area contributed by atoms with E-state index < -0.39 is 12.2 Å². The zero-order chi connectivity index (χ0) is 24.0. The third-order valence-electron chi connectivity index (χ3n) is 5.06. The molecule has 1 atom stereocenters. The first-order valence-corrected chi connectivity index (χ1v) is 10.1. The van der Waals surface area contributed by atoms with Crippen molar-refractivity contribution in [3.63, 3.8) is 0 Å². The highest BCUT2D eigenvalue weighted by atomic mass is 16.5. The van der Waals surface area contributed by atoms with Crippen LogP contribution in [0.3, 0.4) is 0 Å². The van der Waals surface area contributed by atoms with E-state index in [-0.39, 0.29) is 13.2 Å². The van der Waals surface area contributed by atoms with E-state index in [2.05, 4.69) is 11.1 Å². The number of aliphatic hydroxyl groups is 1. The number of anilines is 1. The van der Waals surface area contributed by atoms with Gasteiger partial charge in [-0.25, -0.2) is 4.79 Å². The van der Waals surface area contributed by atoms with Gasteiger partial charge in [-0.05, 0) is 61.4 Å². The highest BCUT2D eigenvalue weighted by molar-refractivity contribution is 5.86. The molecule has 0 aliphatic rings. The van der Waals surface area contributed by atoms with Gasteiger partial charge >= 0.3 is 6.09 Å². The quantitative estimate of drug-likeness (QED) is 0.553. The Hall–Kier alpha value is -4.40. The summed E-state index contributed by atoms with van der Waals surface area (Å²) >= 11 is 0. The van der Waals surface area contributed by atoms with E-state index in [1.807, 2.05) is 12.1 Å². The van der Waals surface area contributed by atoms with Gasteiger partial charge in [0.25, 0.3) is 0 Å². The molecular formula is C25H22N4O4. The van der Waals surface area contributed by atoms with Crippen molar-refractivity contribution in [3.05, 3.63) is 88.2 Å². The van der Waals surface area contributed by atoms with Crippen molar-refractivity contribution < 1.29 is 19.7 Å². The maximum atomic E-state index is 12.0. The molecule has 0 fully saturated rings. The van der Waals surface area contributed by atoms with Gasteiger partial charge in [0, 0.05) is 17.4 Å². The monoisotopic (exact) mass is 442 g/mol. The molecule has 3 aromatic rings. The van der Waals surface area contributed by atoms with E-state index in [9.17, 15) is 15.0 Å².